The maximum Gasteiger partial charge on any atom is 0.0467 e. The SMILES string of the molecule is Cc1cc2c(nc1C1CC1)CCC2. The Morgan fingerprint density at radius 3 is 2.92 bits per heavy atom. The zero-order chi connectivity index (χ0) is 8.84. The van der Waals surface area contributed by atoms with E-state index in [2.05, 4.69) is 13.0 Å². The molecule has 1 aromatic rings. The van der Waals surface area contributed by atoms with Crippen molar-refractivity contribution in [1.82, 2.24) is 4.98 Å². The van der Waals surface area contributed by atoms with E-state index in [0.29, 0.717) is 0 Å². The molecular weight excluding hydrogens is 158 g/mol. The summed E-state index contributed by atoms with van der Waals surface area (Å²) in [5.74, 6) is 0.811. The Kier molecular flexibility index (Phi) is 1.49. The first-order valence-corrected chi connectivity index (χ1v) is 5.34. The smallest absolute Gasteiger partial charge is 0.0467 e. The van der Waals surface area contributed by atoms with Crippen molar-refractivity contribution in [1.29, 1.82) is 0 Å². The standard InChI is InChI=1S/C12H15N/c1-8-7-10-3-2-4-11(10)13-12(8)9-5-6-9/h7,9H,2-6H2,1H3. The van der Waals surface area contributed by atoms with Crippen molar-refractivity contribution in [2.75, 3.05) is 0 Å². The fourth-order valence-electron chi connectivity index (χ4n) is 2.37. The molecule has 0 radical (unpaired) electrons. The lowest BCUT2D eigenvalue weighted by molar-refractivity contribution is 0.888. The van der Waals surface area contributed by atoms with E-state index in [9.17, 15) is 0 Å². The van der Waals surface area contributed by atoms with Crippen LogP contribution in [0, 0.1) is 6.92 Å². The van der Waals surface area contributed by atoms with E-state index in [0.717, 1.165) is 5.92 Å². The van der Waals surface area contributed by atoms with Crippen LogP contribution in [0.25, 0.3) is 0 Å². The highest BCUT2D eigenvalue weighted by Gasteiger charge is 2.28. The van der Waals surface area contributed by atoms with Crippen LogP contribution in [0.1, 0.15) is 47.7 Å². The van der Waals surface area contributed by atoms with Gasteiger partial charge in [-0.15, -0.1) is 0 Å². The molecule has 1 nitrogen and oxygen atoms in total. The molecule has 0 amide bonds. The molecule has 1 saturated carbocycles. The van der Waals surface area contributed by atoms with Crippen LogP contribution >= 0.6 is 0 Å². The Morgan fingerprint density at radius 1 is 1.31 bits per heavy atom. The minimum absolute atomic E-state index is 0.811. The van der Waals surface area contributed by atoms with Gasteiger partial charge in [0.2, 0.25) is 0 Å². The molecule has 2 aliphatic rings. The normalized spacial score (nSPS) is 20.4. The molecule has 0 spiro atoms. The Balaban J connectivity index is 2.10. The number of fused-ring (bicyclic) bond motifs is 1. The van der Waals surface area contributed by atoms with E-state index >= 15 is 0 Å². The Morgan fingerprint density at radius 2 is 2.15 bits per heavy atom. The minimum atomic E-state index is 0.811. The van der Waals surface area contributed by atoms with Gasteiger partial charge in [-0.05, 0) is 50.2 Å². The second-order valence-electron chi connectivity index (χ2n) is 4.42. The van der Waals surface area contributed by atoms with E-state index in [1.807, 2.05) is 0 Å². The first kappa shape index (κ1) is 7.54. The van der Waals surface area contributed by atoms with Gasteiger partial charge in [0.25, 0.3) is 0 Å². The van der Waals surface area contributed by atoms with Crippen molar-refractivity contribution in [3.05, 3.63) is 28.6 Å². The lowest BCUT2D eigenvalue weighted by Gasteiger charge is -2.06. The lowest BCUT2D eigenvalue weighted by Crippen LogP contribution is -1.97. The first-order valence-electron chi connectivity index (χ1n) is 5.34. The largest absolute Gasteiger partial charge is 0.257 e. The number of nitrogens with zero attached hydrogens (tertiary/aromatic N) is 1. The van der Waals surface area contributed by atoms with Crippen LogP contribution in [0.2, 0.25) is 0 Å². The summed E-state index contributed by atoms with van der Waals surface area (Å²) >= 11 is 0. The number of rotatable bonds is 1. The molecule has 0 N–H and O–H groups in total. The molecule has 1 fully saturated rings. The van der Waals surface area contributed by atoms with E-state index < -0.39 is 0 Å². The lowest BCUT2D eigenvalue weighted by atomic mass is 10.1. The van der Waals surface area contributed by atoms with Crippen molar-refractivity contribution in [2.24, 2.45) is 0 Å². The maximum absolute atomic E-state index is 4.81. The number of hydrogen-bond donors (Lipinski definition) is 0. The molecule has 0 aliphatic heterocycles. The molecule has 0 bridgehead atoms. The third kappa shape index (κ3) is 1.18. The monoisotopic (exact) mass is 173 g/mol. The Bertz CT molecular complexity index is 350. The minimum Gasteiger partial charge on any atom is -0.257 e. The van der Waals surface area contributed by atoms with Gasteiger partial charge in [-0.2, -0.15) is 0 Å². The summed E-state index contributed by atoms with van der Waals surface area (Å²) in [4.78, 5) is 4.81. The average molecular weight is 173 g/mol. The van der Waals surface area contributed by atoms with Gasteiger partial charge in [0.1, 0.15) is 0 Å². The fraction of sp³-hybridized carbons (Fsp3) is 0.583. The van der Waals surface area contributed by atoms with Gasteiger partial charge in [0.05, 0.1) is 0 Å². The van der Waals surface area contributed by atoms with Crippen molar-refractivity contribution in [2.45, 2.75) is 44.9 Å². The molecule has 1 aromatic heterocycles. The molecule has 1 heteroatoms. The molecule has 0 aromatic carbocycles. The van der Waals surface area contributed by atoms with Crippen LogP contribution in [-0.4, -0.2) is 4.98 Å². The predicted molar refractivity (Wildman–Crippen MR) is 53.0 cm³/mol. The summed E-state index contributed by atoms with van der Waals surface area (Å²) < 4.78 is 0. The molecule has 0 unspecified atom stereocenters. The third-order valence-electron chi connectivity index (χ3n) is 3.24. The molecule has 13 heavy (non-hydrogen) atoms. The highest BCUT2D eigenvalue weighted by atomic mass is 14.7. The van der Waals surface area contributed by atoms with Gasteiger partial charge in [0, 0.05) is 17.3 Å². The molecule has 0 saturated heterocycles. The average Bonchev–Trinajstić information content (AvgIpc) is 2.85. The van der Waals surface area contributed by atoms with E-state index in [1.165, 1.54) is 54.6 Å². The van der Waals surface area contributed by atoms with Crippen LogP contribution in [-0.2, 0) is 12.8 Å². The maximum atomic E-state index is 4.81. The quantitative estimate of drug-likeness (QED) is 0.636. The summed E-state index contributed by atoms with van der Waals surface area (Å²) in [6.45, 7) is 2.22. The van der Waals surface area contributed by atoms with Crippen LogP contribution < -0.4 is 0 Å². The van der Waals surface area contributed by atoms with Crippen molar-refractivity contribution >= 4 is 0 Å². The molecule has 3 rings (SSSR count). The second-order valence-corrected chi connectivity index (χ2v) is 4.42. The molecule has 1 heterocycles. The Hall–Kier alpha value is -0.850. The second kappa shape index (κ2) is 2.57. The molecule has 2 aliphatic carbocycles. The molecule has 0 atom stereocenters. The van der Waals surface area contributed by atoms with E-state index in [1.54, 1.807) is 0 Å². The summed E-state index contributed by atoms with van der Waals surface area (Å²) in [6.07, 6.45) is 6.53. The highest BCUT2D eigenvalue weighted by molar-refractivity contribution is 5.35. The topological polar surface area (TPSA) is 12.9 Å². The van der Waals surface area contributed by atoms with Gasteiger partial charge in [-0.1, -0.05) is 6.07 Å². The van der Waals surface area contributed by atoms with Gasteiger partial charge in [-0.25, -0.2) is 0 Å². The summed E-state index contributed by atoms with van der Waals surface area (Å²) in [7, 11) is 0. The zero-order valence-corrected chi connectivity index (χ0v) is 8.14. The number of pyridine rings is 1. The van der Waals surface area contributed by atoms with Crippen LogP contribution in [0.15, 0.2) is 6.07 Å². The zero-order valence-electron chi connectivity index (χ0n) is 8.14. The molecule has 68 valence electrons. The molecular formula is C12H15N. The number of hydrogen-bond acceptors (Lipinski definition) is 1. The summed E-state index contributed by atoms with van der Waals surface area (Å²) in [6, 6.07) is 2.38. The number of aromatic nitrogens is 1. The summed E-state index contributed by atoms with van der Waals surface area (Å²) in [5.41, 5.74) is 5.75. The van der Waals surface area contributed by atoms with Crippen molar-refractivity contribution in [3.63, 3.8) is 0 Å². The van der Waals surface area contributed by atoms with Crippen LogP contribution in [0.4, 0.5) is 0 Å². The van der Waals surface area contributed by atoms with Crippen LogP contribution in [0.3, 0.4) is 0 Å². The third-order valence-corrected chi connectivity index (χ3v) is 3.24. The van der Waals surface area contributed by atoms with Crippen molar-refractivity contribution in [3.8, 4) is 0 Å². The summed E-state index contributed by atoms with van der Waals surface area (Å²) in [5, 5.41) is 0. The van der Waals surface area contributed by atoms with Gasteiger partial charge in [0.15, 0.2) is 0 Å². The van der Waals surface area contributed by atoms with E-state index in [-0.39, 0.29) is 0 Å². The number of aryl methyl sites for hydroxylation is 3. The van der Waals surface area contributed by atoms with Gasteiger partial charge in [-0.3, -0.25) is 4.98 Å². The highest BCUT2D eigenvalue weighted by Crippen LogP contribution is 2.41. The van der Waals surface area contributed by atoms with E-state index in [4.69, 9.17) is 4.98 Å². The predicted octanol–water partition coefficient (Wildman–Crippen LogP) is 2.76. The fourth-order valence-corrected chi connectivity index (χ4v) is 2.37. The van der Waals surface area contributed by atoms with Gasteiger partial charge < -0.3 is 0 Å². The van der Waals surface area contributed by atoms with Crippen molar-refractivity contribution < 1.29 is 0 Å². The first-order chi connectivity index (χ1) is 6.34. The van der Waals surface area contributed by atoms with Gasteiger partial charge >= 0.3 is 0 Å². The van der Waals surface area contributed by atoms with Crippen LogP contribution in [0.5, 0.6) is 0 Å². The Labute approximate surface area is 79.2 Å².